The van der Waals surface area contributed by atoms with Crippen molar-refractivity contribution in [3.63, 3.8) is 0 Å². The number of halogens is 3. The van der Waals surface area contributed by atoms with Crippen LogP contribution in [0.1, 0.15) is 5.56 Å². The molecule has 0 fully saturated rings. The predicted octanol–water partition coefficient (Wildman–Crippen LogP) is 5.54. The number of fused-ring (bicyclic) bond motifs is 1. The average molecular weight is 314 g/mol. The van der Waals surface area contributed by atoms with Crippen LogP contribution in [0, 0.1) is 17.5 Å². The van der Waals surface area contributed by atoms with E-state index in [2.05, 4.69) is 6.58 Å². The molecule has 0 heterocycles. The van der Waals surface area contributed by atoms with E-state index in [1.165, 1.54) is 7.11 Å². The lowest BCUT2D eigenvalue weighted by atomic mass is 9.95. The van der Waals surface area contributed by atoms with Crippen molar-refractivity contribution in [2.45, 2.75) is 0 Å². The van der Waals surface area contributed by atoms with Gasteiger partial charge in [0.2, 0.25) is 0 Å². The molecule has 0 saturated carbocycles. The molecule has 0 bridgehead atoms. The zero-order chi connectivity index (χ0) is 16.6. The fourth-order valence-corrected chi connectivity index (χ4v) is 2.58. The molecular formula is C19H13F3O. The van der Waals surface area contributed by atoms with Crippen LogP contribution >= 0.6 is 0 Å². The van der Waals surface area contributed by atoms with E-state index in [0.29, 0.717) is 34.4 Å². The van der Waals surface area contributed by atoms with E-state index in [1.807, 2.05) is 18.2 Å². The van der Waals surface area contributed by atoms with Gasteiger partial charge in [-0.2, -0.15) is 0 Å². The topological polar surface area (TPSA) is 9.23 Å². The molecule has 116 valence electrons. The number of benzene rings is 3. The minimum Gasteiger partial charge on any atom is -0.497 e. The van der Waals surface area contributed by atoms with Gasteiger partial charge in [-0.3, -0.25) is 0 Å². The van der Waals surface area contributed by atoms with Crippen LogP contribution in [-0.2, 0) is 4.74 Å². The molecule has 4 heteroatoms. The van der Waals surface area contributed by atoms with Gasteiger partial charge in [-0.1, -0.05) is 36.9 Å². The molecule has 0 spiro atoms. The van der Waals surface area contributed by atoms with Crippen LogP contribution < -0.4 is 0 Å². The van der Waals surface area contributed by atoms with Crippen molar-refractivity contribution in [2.24, 2.45) is 0 Å². The summed E-state index contributed by atoms with van der Waals surface area (Å²) in [4.78, 5) is 0. The first-order valence-corrected chi connectivity index (χ1v) is 6.92. The minimum absolute atomic E-state index is 0.253. The Kier molecular flexibility index (Phi) is 3.82. The van der Waals surface area contributed by atoms with E-state index in [0.717, 1.165) is 5.39 Å². The second kappa shape index (κ2) is 5.80. The Morgan fingerprint density at radius 1 is 0.957 bits per heavy atom. The highest BCUT2D eigenvalue weighted by molar-refractivity contribution is 5.98. The van der Waals surface area contributed by atoms with Crippen LogP contribution in [0.25, 0.3) is 27.7 Å². The summed E-state index contributed by atoms with van der Waals surface area (Å²) in [5, 5.41) is 1.44. The molecule has 0 N–H and O–H groups in total. The number of rotatable bonds is 3. The van der Waals surface area contributed by atoms with Crippen molar-refractivity contribution in [3.8, 4) is 11.1 Å². The highest BCUT2D eigenvalue weighted by Gasteiger charge is 2.16. The van der Waals surface area contributed by atoms with Crippen molar-refractivity contribution >= 4 is 16.5 Å². The van der Waals surface area contributed by atoms with E-state index in [9.17, 15) is 13.2 Å². The molecule has 0 aliphatic rings. The smallest absolute Gasteiger partial charge is 0.136 e. The van der Waals surface area contributed by atoms with E-state index in [1.54, 1.807) is 18.2 Å². The van der Waals surface area contributed by atoms with Gasteiger partial charge >= 0.3 is 0 Å². The molecule has 0 saturated heterocycles. The number of methoxy groups -OCH3 is 1. The summed E-state index contributed by atoms with van der Waals surface area (Å²) in [5.74, 6) is -2.38. The van der Waals surface area contributed by atoms with Gasteiger partial charge in [0, 0.05) is 17.7 Å². The van der Waals surface area contributed by atoms with Crippen LogP contribution in [0.5, 0.6) is 0 Å². The van der Waals surface area contributed by atoms with Gasteiger partial charge in [-0.25, -0.2) is 13.2 Å². The zero-order valence-corrected chi connectivity index (χ0v) is 12.4. The van der Waals surface area contributed by atoms with Gasteiger partial charge in [-0.15, -0.1) is 0 Å². The normalized spacial score (nSPS) is 10.8. The maximum Gasteiger partial charge on any atom is 0.136 e. The lowest BCUT2D eigenvalue weighted by Gasteiger charge is -2.11. The monoisotopic (exact) mass is 314 g/mol. The number of hydrogen-bond acceptors (Lipinski definition) is 1. The van der Waals surface area contributed by atoms with Gasteiger partial charge < -0.3 is 4.74 Å². The molecular weight excluding hydrogens is 301 g/mol. The Balaban J connectivity index is 2.32. The first kappa shape index (κ1) is 15.2. The second-order valence-corrected chi connectivity index (χ2v) is 5.11. The van der Waals surface area contributed by atoms with Crippen LogP contribution in [-0.4, -0.2) is 7.11 Å². The second-order valence-electron chi connectivity index (χ2n) is 5.11. The largest absolute Gasteiger partial charge is 0.497 e. The van der Waals surface area contributed by atoms with Crippen molar-refractivity contribution in [1.82, 2.24) is 0 Å². The summed E-state index contributed by atoms with van der Waals surface area (Å²) in [6.07, 6.45) is 0. The molecule has 0 aliphatic carbocycles. The third-order valence-electron chi connectivity index (χ3n) is 3.73. The summed E-state index contributed by atoms with van der Waals surface area (Å²) in [5.41, 5.74) is 0.802. The standard InChI is InChI=1S/C19H13F3O/c1-11(23-2)13-7-6-12-4-3-5-15(16(12)8-13)19-17(21)9-14(20)10-18(19)22/h3-10H,1H2,2H3. The van der Waals surface area contributed by atoms with Gasteiger partial charge in [0.05, 0.1) is 12.7 Å². The highest BCUT2D eigenvalue weighted by atomic mass is 19.1. The van der Waals surface area contributed by atoms with E-state index in [4.69, 9.17) is 4.74 Å². The fourth-order valence-electron chi connectivity index (χ4n) is 2.58. The van der Waals surface area contributed by atoms with Crippen LogP contribution in [0.15, 0.2) is 55.1 Å². The Bertz CT molecular complexity index is 893. The molecule has 0 unspecified atom stereocenters. The predicted molar refractivity (Wildman–Crippen MR) is 85.3 cm³/mol. The third kappa shape index (κ3) is 2.68. The van der Waals surface area contributed by atoms with Gasteiger partial charge in [0.15, 0.2) is 0 Å². The van der Waals surface area contributed by atoms with Gasteiger partial charge in [-0.05, 0) is 22.4 Å². The Labute approximate surface area is 131 Å². The maximum atomic E-state index is 14.1. The van der Waals surface area contributed by atoms with Gasteiger partial charge in [0.1, 0.15) is 23.2 Å². The van der Waals surface area contributed by atoms with Crippen LogP contribution in [0.4, 0.5) is 13.2 Å². The van der Waals surface area contributed by atoms with E-state index >= 15 is 0 Å². The summed E-state index contributed by atoms with van der Waals surface area (Å²) in [6, 6.07) is 11.9. The quantitative estimate of drug-likeness (QED) is 0.577. The van der Waals surface area contributed by atoms with E-state index in [-0.39, 0.29) is 5.56 Å². The van der Waals surface area contributed by atoms with Crippen LogP contribution in [0.2, 0.25) is 0 Å². The van der Waals surface area contributed by atoms with E-state index < -0.39 is 17.5 Å². The first-order valence-electron chi connectivity index (χ1n) is 6.92. The summed E-state index contributed by atoms with van der Waals surface area (Å²) < 4.78 is 46.5. The lowest BCUT2D eigenvalue weighted by Crippen LogP contribution is -1.94. The molecule has 0 aromatic heterocycles. The molecule has 0 atom stereocenters. The summed E-state index contributed by atoms with van der Waals surface area (Å²) in [6.45, 7) is 3.78. The summed E-state index contributed by atoms with van der Waals surface area (Å²) >= 11 is 0. The molecule has 0 amide bonds. The molecule has 0 aliphatic heterocycles. The van der Waals surface area contributed by atoms with Gasteiger partial charge in [0.25, 0.3) is 0 Å². The third-order valence-corrected chi connectivity index (χ3v) is 3.73. The molecule has 3 aromatic carbocycles. The fraction of sp³-hybridized carbons (Fsp3) is 0.0526. The SMILES string of the molecule is C=C(OC)c1ccc2cccc(-c3c(F)cc(F)cc3F)c2c1. The van der Waals surface area contributed by atoms with Crippen LogP contribution in [0.3, 0.4) is 0 Å². The molecule has 1 nitrogen and oxygen atoms in total. The molecule has 0 radical (unpaired) electrons. The molecule has 23 heavy (non-hydrogen) atoms. The zero-order valence-electron chi connectivity index (χ0n) is 12.4. The minimum atomic E-state index is -0.947. The molecule has 3 rings (SSSR count). The number of hydrogen-bond donors (Lipinski definition) is 0. The molecule has 3 aromatic rings. The van der Waals surface area contributed by atoms with Crippen molar-refractivity contribution in [3.05, 3.63) is 78.1 Å². The Morgan fingerprint density at radius 2 is 1.65 bits per heavy atom. The Morgan fingerprint density at radius 3 is 2.30 bits per heavy atom. The van der Waals surface area contributed by atoms with Crippen molar-refractivity contribution in [1.29, 1.82) is 0 Å². The number of ether oxygens (including phenoxy) is 1. The van der Waals surface area contributed by atoms with Crippen molar-refractivity contribution in [2.75, 3.05) is 7.11 Å². The van der Waals surface area contributed by atoms with Crippen molar-refractivity contribution < 1.29 is 17.9 Å². The maximum absolute atomic E-state index is 14.1. The average Bonchev–Trinajstić information content (AvgIpc) is 2.53. The summed E-state index contributed by atoms with van der Waals surface area (Å²) in [7, 11) is 1.50. The highest BCUT2D eigenvalue weighted by Crippen LogP contribution is 2.34. The lowest BCUT2D eigenvalue weighted by molar-refractivity contribution is 0.371. The Hall–Kier alpha value is -2.75. The first-order chi connectivity index (χ1) is 11.0.